The van der Waals surface area contributed by atoms with Crippen molar-refractivity contribution in [3.05, 3.63) is 66.9 Å². The molecule has 0 bridgehead atoms. The van der Waals surface area contributed by atoms with Crippen LogP contribution < -0.4 is 0 Å². The van der Waals surface area contributed by atoms with Gasteiger partial charge in [0.1, 0.15) is 0 Å². The van der Waals surface area contributed by atoms with Crippen molar-refractivity contribution in [3.8, 4) is 22.6 Å². The van der Waals surface area contributed by atoms with E-state index in [4.69, 9.17) is 14.2 Å². The van der Waals surface area contributed by atoms with Gasteiger partial charge in [-0.2, -0.15) is 4.98 Å². The summed E-state index contributed by atoms with van der Waals surface area (Å²) in [6.45, 7) is 1.69. The molecule has 3 aromatic heterocycles. The zero-order valence-corrected chi connectivity index (χ0v) is 18.6. The summed E-state index contributed by atoms with van der Waals surface area (Å²) in [6, 6.07) is 14.2. The maximum atomic E-state index is 5.91. The van der Waals surface area contributed by atoms with Crippen LogP contribution in [0.1, 0.15) is 25.2 Å². The summed E-state index contributed by atoms with van der Waals surface area (Å²) < 4.78 is 13.6. The van der Waals surface area contributed by atoms with Gasteiger partial charge in [0.25, 0.3) is 0 Å². The standard InChI is InChI=1S/C24H25N5O2S/c1-2-6-18(7-3-1)21-16-26-24(29(21)17-20-8-4-14-30-20)32-15-5-9-22-27-23(28-31-22)19-10-12-25-13-11-19/h1-3,6-7,10-13,16,20H,4-5,8-9,14-15,17H2. The third-order valence-corrected chi connectivity index (χ3v) is 6.55. The summed E-state index contributed by atoms with van der Waals surface area (Å²) in [5, 5.41) is 5.11. The van der Waals surface area contributed by atoms with Gasteiger partial charge < -0.3 is 13.8 Å². The molecule has 0 radical (unpaired) electrons. The molecule has 7 nitrogen and oxygen atoms in total. The molecule has 0 amide bonds. The van der Waals surface area contributed by atoms with Crippen molar-refractivity contribution in [2.24, 2.45) is 0 Å². The fraction of sp³-hybridized carbons (Fsp3) is 0.333. The lowest BCUT2D eigenvalue weighted by Crippen LogP contribution is -2.16. The van der Waals surface area contributed by atoms with Crippen LogP contribution in [0.25, 0.3) is 22.6 Å². The number of thioether (sulfide) groups is 1. The highest BCUT2D eigenvalue weighted by atomic mass is 32.2. The molecule has 1 aromatic carbocycles. The fourth-order valence-electron chi connectivity index (χ4n) is 3.84. The first-order valence-corrected chi connectivity index (χ1v) is 11.9. The monoisotopic (exact) mass is 447 g/mol. The molecule has 1 aliphatic heterocycles. The van der Waals surface area contributed by atoms with Gasteiger partial charge in [0.05, 0.1) is 24.5 Å². The van der Waals surface area contributed by atoms with Crippen molar-refractivity contribution < 1.29 is 9.26 Å². The molecule has 1 unspecified atom stereocenters. The summed E-state index contributed by atoms with van der Waals surface area (Å²) in [7, 11) is 0. The van der Waals surface area contributed by atoms with Crippen LogP contribution in [-0.4, -0.2) is 43.1 Å². The summed E-state index contributed by atoms with van der Waals surface area (Å²) >= 11 is 1.77. The van der Waals surface area contributed by atoms with Crippen LogP contribution in [0.4, 0.5) is 0 Å². The lowest BCUT2D eigenvalue weighted by molar-refractivity contribution is 0.0954. The van der Waals surface area contributed by atoms with Crippen LogP contribution in [0.15, 0.2) is 70.7 Å². The van der Waals surface area contributed by atoms with Crippen molar-refractivity contribution in [2.45, 2.75) is 43.5 Å². The molecule has 4 aromatic rings. The van der Waals surface area contributed by atoms with E-state index < -0.39 is 0 Å². The van der Waals surface area contributed by atoms with Crippen molar-refractivity contribution in [1.29, 1.82) is 0 Å². The number of rotatable bonds is 9. The maximum Gasteiger partial charge on any atom is 0.226 e. The smallest absolute Gasteiger partial charge is 0.226 e. The lowest BCUT2D eigenvalue weighted by atomic mass is 10.1. The van der Waals surface area contributed by atoms with Gasteiger partial charge in [-0.15, -0.1) is 0 Å². The largest absolute Gasteiger partial charge is 0.376 e. The Labute approximate surface area is 191 Å². The molecule has 4 heterocycles. The Kier molecular flexibility index (Phi) is 6.60. The Morgan fingerprint density at radius 2 is 1.94 bits per heavy atom. The summed E-state index contributed by atoms with van der Waals surface area (Å²) in [5.74, 6) is 2.18. The first-order chi connectivity index (χ1) is 15.9. The molecule has 32 heavy (non-hydrogen) atoms. The van der Waals surface area contributed by atoms with Crippen molar-refractivity contribution in [1.82, 2.24) is 24.7 Å². The molecule has 164 valence electrons. The van der Waals surface area contributed by atoms with E-state index in [2.05, 4.69) is 44.0 Å². The number of imidazole rings is 1. The minimum absolute atomic E-state index is 0.260. The van der Waals surface area contributed by atoms with Crippen molar-refractivity contribution in [3.63, 3.8) is 0 Å². The highest BCUT2D eigenvalue weighted by molar-refractivity contribution is 7.99. The Balaban J connectivity index is 1.22. The predicted molar refractivity (Wildman–Crippen MR) is 123 cm³/mol. The van der Waals surface area contributed by atoms with Gasteiger partial charge in [0.2, 0.25) is 11.7 Å². The molecular weight excluding hydrogens is 422 g/mol. The second-order valence-electron chi connectivity index (χ2n) is 7.74. The Morgan fingerprint density at radius 3 is 2.75 bits per heavy atom. The van der Waals surface area contributed by atoms with Crippen LogP contribution in [0.3, 0.4) is 0 Å². The summed E-state index contributed by atoms with van der Waals surface area (Å²) in [6.07, 6.45) is 9.59. The molecule has 1 atom stereocenters. The molecule has 1 fully saturated rings. The maximum absolute atomic E-state index is 5.91. The molecule has 0 aliphatic carbocycles. The van der Waals surface area contributed by atoms with Crippen molar-refractivity contribution in [2.75, 3.05) is 12.4 Å². The molecule has 1 saturated heterocycles. The summed E-state index contributed by atoms with van der Waals surface area (Å²) in [5.41, 5.74) is 3.23. The van der Waals surface area contributed by atoms with Gasteiger partial charge in [-0.1, -0.05) is 47.3 Å². The third-order valence-electron chi connectivity index (χ3n) is 5.47. The van der Waals surface area contributed by atoms with E-state index in [9.17, 15) is 0 Å². The van der Waals surface area contributed by atoms with E-state index in [0.29, 0.717) is 11.7 Å². The van der Waals surface area contributed by atoms with Gasteiger partial charge in [-0.25, -0.2) is 4.98 Å². The van der Waals surface area contributed by atoms with E-state index in [-0.39, 0.29) is 6.10 Å². The minimum atomic E-state index is 0.260. The van der Waals surface area contributed by atoms with Crippen LogP contribution in [0.5, 0.6) is 0 Å². The minimum Gasteiger partial charge on any atom is -0.376 e. The number of aromatic nitrogens is 5. The Hall–Kier alpha value is -2.97. The second kappa shape index (κ2) is 10.1. The zero-order chi connectivity index (χ0) is 21.6. The van der Waals surface area contributed by atoms with Crippen LogP contribution in [-0.2, 0) is 17.7 Å². The molecular formula is C24H25N5O2S. The average molecular weight is 448 g/mol. The van der Waals surface area contributed by atoms with E-state index in [1.807, 2.05) is 24.4 Å². The first kappa shape index (κ1) is 20.9. The molecule has 0 N–H and O–H groups in total. The number of pyridine rings is 1. The number of benzene rings is 1. The van der Waals surface area contributed by atoms with Gasteiger partial charge in [0.15, 0.2) is 5.16 Å². The zero-order valence-electron chi connectivity index (χ0n) is 17.8. The van der Waals surface area contributed by atoms with Gasteiger partial charge in [-0.05, 0) is 37.0 Å². The summed E-state index contributed by atoms with van der Waals surface area (Å²) in [4.78, 5) is 13.3. The number of hydrogen-bond acceptors (Lipinski definition) is 7. The third kappa shape index (κ3) is 4.92. The van der Waals surface area contributed by atoms with E-state index >= 15 is 0 Å². The SMILES string of the molecule is c1ccc(-c2cnc(SCCCc3nc(-c4ccncc4)no3)n2CC2CCCO2)cc1. The van der Waals surface area contributed by atoms with Crippen molar-refractivity contribution >= 4 is 11.8 Å². The Morgan fingerprint density at radius 1 is 1.06 bits per heavy atom. The van der Waals surface area contributed by atoms with E-state index in [1.165, 1.54) is 5.56 Å². The fourth-order valence-corrected chi connectivity index (χ4v) is 4.77. The van der Waals surface area contributed by atoms with Crippen LogP contribution >= 0.6 is 11.8 Å². The van der Waals surface area contributed by atoms with Crippen LogP contribution in [0, 0.1) is 0 Å². The predicted octanol–water partition coefficient (Wildman–Crippen LogP) is 4.90. The second-order valence-corrected chi connectivity index (χ2v) is 8.80. The molecule has 0 spiro atoms. The number of hydrogen-bond donors (Lipinski definition) is 0. The van der Waals surface area contributed by atoms with Gasteiger partial charge in [0, 0.05) is 36.7 Å². The van der Waals surface area contributed by atoms with E-state index in [0.717, 1.165) is 61.0 Å². The highest BCUT2D eigenvalue weighted by Gasteiger charge is 2.20. The molecule has 0 saturated carbocycles. The average Bonchev–Trinajstić information content (AvgIpc) is 3.60. The Bertz CT molecular complexity index is 1120. The first-order valence-electron chi connectivity index (χ1n) is 10.9. The number of aryl methyl sites for hydroxylation is 1. The van der Waals surface area contributed by atoms with Gasteiger partial charge in [-0.3, -0.25) is 4.98 Å². The van der Waals surface area contributed by atoms with E-state index in [1.54, 1.807) is 24.2 Å². The van der Waals surface area contributed by atoms with Crippen LogP contribution in [0.2, 0.25) is 0 Å². The number of nitrogens with zero attached hydrogens (tertiary/aromatic N) is 5. The number of ether oxygens (including phenoxy) is 1. The topological polar surface area (TPSA) is 78.9 Å². The highest BCUT2D eigenvalue weighted by Crippen LogP contribution is 2.29. The quantitative estimate of drug-likeness (QED) is 0.267. The molecule has 5 rings (SSSR count). The lowest BCUT2D eigenvalue weighted by Gasteiger charge is -2.16. The molecule has 1 aliphatic rings. The molecule has 8 heteroatoms. The van der Waals surface area contributed by atoms with Gasteiger partial charge >= 0.3 is 0 Å². The normalized spacial score (nSPS) is 15.9.